The molecule has 1 aliphatic carbocycles. The predicted octanol–water partition coefficient (Wildman–Crippen LogP) is 2.23. The van der Waals surface area contributed by atoms with E-state index in [4.69, 9.17) is 4.98 Å². The lowest BCUT2D eigenvalue weighted by atomic mass is 9.95. The zero-order valence-electron chi connectivity index (χ0n) is 21.5. The van der Waals surface area contributed by atoms with Crippen molar-refractivity contribution in [3.63, 3.8) is 0 Å². The van der Waals surface area contributed by atoms with Crippen molar-refractivity contribution in [2.24, 2.45) is 10.4 Å². The number of carbonyl (C=O) groups is 1. The molecule has 13 nitrogen and oxygen atoms in total. The zero-order valence-corrected chi connectivity index (χ0v) is 21.5. The number of nitrogens with zero attached hydrogens (tertiary/aromatic N) is 11. The average Bonchev–Trinajstić information content (AvgIpc) is 3.45. The summed E-state index contributed by atoms with van der Waals surface area (Å²) in [7, 11) is 0. The number of hydrogen-bond acceptors (Lipinski definition) is 11. The van der Waals surface area contributed by atoms with Gasteiger partial charge in [-0.3, -0.25) is 19.8 Å². The number of nitrogens with one attached hydrogen (secondary N) is 1. The van der Waals surface area contributed by atoms with Crippen LogP contribution in [0.4, 0.5) is 24.9 Å². The second-order valence-corrected chi connectivity index (χ2v) is 10.3. The minimum absolute atomic E-state index is 0.0191. The zero-order chi connectivity index (χ0) is 28.2. The molecule has 0 unspecified atom stereocenters. The fourth-order valence-electron chi connectivity index (χ4n) is 5.53. The Balaban J connectivity index is 1.20. The molecule has 1 saturated heterocycles. The fourth-order valence-corrected chi connectivity index (χ4v) is 5.53. The van der Waals surface area contributed by atoms with E-state index in [0.29, 0.717) is 35.8 Å². The molecule has 3 aliphatic rings. The van der Waals surface area contributed by atoms with Crippen molar-refractivity contribution in [3.8, 4) is 0 Å². The summed E-state index contributed by atoms with van der Waals surface area (Å²) in [6.07, 6.45) is 5.45. The number of aromatic nitrogens is 9. The van der Waals surface area contributed by atoms with E-state index in [2.05, 4.69) is 40.8 Å². The van der Waals surface area contributed by atoms with Gasteiger partial charge in [0.1, 0.15) is 11.4 Å². The molecule has 0 bridgehead atoms. The molecule has 16 heteroatoms. The van der Waals surface area contributed by atoms with Crippen LogP contribution in [-0.4, -0.2) is 81.7 Å². The molecule has 7 rings (SSSR count). The molecule has 4 aromatic rings. The van der Waals surface area contributed by atoms with E-state index in [9.17, 15) is 18.0 Å². The van der Waals surface area contributed by atoms with Crippen molar-refractivity contribution in [3.05, 3.63) is 60.6 Å². The summed E-state index contributed by atoms with van der Waals surface area (Å²) >= 11 is 0. The number of aliphatic imine (C=N–C) groups is 1. The van der Waals surface area contributed by atoms with Crippen molar-refractivity contribution in [1.29, 1.82) is 0 Å². The first kappa shape index (κ1) is 25.2. The number of Topliss-reactive ketones (excluding diaryl/α,β-unsaturated/α-hetero) is 1. The molecule has 2 aliphatic heterocycles. The van der Waals surface area contributed by atoms with Crippen LogP contribution >= 0.6 is 0 Å². The maximum Gasteiger partial charge on any atom is 0.398 e. The number of amidine groups is 1. The molecular weight excluding hydrogens is 541 g/mol. The van der Waals surface area contributed by atoms with Gasteiger partial charge >= 0.3 is 6.18 Å². The van der Waals surface area contributed by atoms with Crippen molar-refractivity contribution < 1.29 is 18.0 Å². The number of carbonyl (C=O) groups excluding carboxylic acids is 1. The molecule has 41 heavy (non-hydrogen) atoms. The van der Waals surface area contributed by atoms with Gasteiger partial charge in [-0.1, -0.05) is 0 Å². The summed E-state index contributed by atoms with van der Waals surface area (Å²) in [5.74, 6) is 0.807. The molecule has 0 amide bonds. The van der Waals surface area contributed by atoms with Crippen molar-refractivity contribution in [2.45, 2.75) is 43.9 Å². The van der Waals surface area contributed by atoms with Crippen LogP contribution in [0.15, 0.2) is 59.9 Å². The highest BCUT2D eigenvalue weighted by atomic mass is 19.4. The molecule has 2 atom stereocenters. The maximum absolute atomic E-state index is 13.7. The Bertz CT molecular complexity index is 1660. The van der Waals surface area contributed by atoms with E-state index in [1.165, 1.54) is 29.6 Å². The first-order valence-electron chi connectivity index (χ1n) is 13.0. The van der Waals surface area contributed by atoms with Gasteiger partial charge in [-0.25, -0.2) is 4.52 Å². The topological polar surface area (TPSA) is 144 Å². The Morgan fingerprint density at radius 3 is 2.83 bits per heavy atom. The van der Waals surface area contributed by atoms with E-state index in [-0.39, 0.29) is 49.2 Å². The molecular formula is C25H23F3N12O. The van der Waals surface area contributed by atoms with E-state index in [1.807, 2.05) is 0 Å². The van der Waals surface area contributed by atoms with E-state index in [0.717, 1.165) is 0 Å². The number of alkyl halides is 3. The first-order chi connectivity index (χ1) is 19.8. The molecule has 210 valence electrons. The minimum atomic E-state index is -4.31. The number of rotatable bonds is 7. The van der Waals surface area contributed by atoms with Gasteiger partial charge in [0.2, 0.25) is 5.95 Å². The molecule has 1 saturated carbocycles. The number of anilines is 2. The number of tetrazole rings is 1. The Hall–Kier alpha value is -4.76. The van der Waals surface area contributed by atoms with Gasteiger partial charge in [-0.2, -0.15) is 23.0 Å². The monoisotopic (exact) mass is 564 g/mol. The van der Waals surface area contributed by atoms with Crippen LogP contribution in [0.2, 0.25) is 0 Å². The van der Waals surface area contributed by atoms with Crippen molar-refractivity contribution in [1.82, 2.24) is 44.8 Å². The van der Waals surface area contributed by atoms with Gasteiger partial charge in [0.25, 0.3) is 0 Å². The quantitative estimate of drug-likeness (QED) is 0.355. The van der Waals surface area contributed by atoms with E-state index >= 15 is 0 Å². The molecule has 0 radical (unpaired) electrons. The second kappa shape index (κ2) is 9.42. The van der Waals surface area contributed by atoms with Crippen LogP contribution in [-0.2, 0) is 11.2 Å². The smallest absolute Gasteiger partial charge is 0.327 e. The summed E-state index contributed by atoms with van der Waals surface area (Å²) in [6.45, 7) is 0.313. The van der Waals surface area contributed by atoms with E-state index in [1.54, 1.807) is 33.9 Å². The summed E-state index contributed by atoms with van der Waals surface area (Å²) in [5.41, 5.74) is -0.382. The van der Waals surface area contributed by atoms with Crippen LogP contribution < -0.4 is 10.2 Å². The van der Waals surface area contributed by atoms with Crippen LogP contribution in [0.25, 0.3) is 5.52 Å². The lowest BCUT2D eigenvalue weighted by Gasteiger charge is -2.24. The molecule has 2 fully saturated rings. The van der Waals surface area contributed by atoms with Crippen LogP contribution in [0.5, 0.6) is 0 Å². The second-order valence-electron chi connectivity index (χ2n) is 10.3. The third-order valence-electron chi connectivity index (χ3n) is 7.84. The highest BCUT2D eigenvalue weighted by Gasteiger charge is 2.65. The Morgan fingerprint density at radius 1 is 1.22 bits per heavy atom. The van der Waals surface area contributed by atoms with Crippen LogP contribution in [0, 0.1) is 5.41 Å². The maximum atomic E-state index is 13.7. The van der Waals surface area contributed by atoms with Crippen molar-refractivity contribution in [2.75, 3.05) is 23.3 Å². The Morgan fingerprint density at radius 2 is 2.10 bits per heavy atom. The molecule has 1 N–H and O–H groups in total. The lowest BCUT2D eigenvalue weighted by molar-refractivity contribution is -0.175. The largest absolute Gasteiger partial charge is 0.398 e. The molecule has 0 spiro atoms. The van der Waals surface area contributed by atoms with Crippen LogP contribution in [0.3, 0.4) is 0 Å². The van der Waals surface area contributed by atoms with Gasteiger partial charge in [0, 0.05) is 37.8 Å². The fraction of sp³-hybridized carbons (Fsp3) is 0.400. The summed E-state index contributed by atoms with van der Waals surface area (Å²) in [5, 5.41) is 19.7. The normalized spacial score (nSPS) is 21.7. The molecule has 4 aromatic heterocycles. The summed E-state index contributed by atoms with van der Waals surface area (Å²) in [6, 6.07) is 2.68. The molecule has 6 heterocycles. The number of ketones is 1. The number of hydrogen-bond donors (Lipinski definition) is 1. The standard InChI is InChI=1S/C25H23F3N12O/c26-25(27,28)24(3-4-24)15-8-21(31-11-15)34-22-18-2-1-7-39(18)36-23(35-22)38-13-17(40-33-14-32-37-40)10-19(38)20(41)9-16-12-29-5-6-30-16/h1-2,5-8,12,14,17,19H,3-4,9-11,13H2,(H,31,34,35,36)/t17-,19+/m1/s1. The third kappa shape index (κ3) is 4.48. The number of fused-ring (bicyclic) bond motifs is 1. The van der Waals surface area contributed by atoms with Gasteiger partial charge in [-0.05, 0) is 41.8 Å². The summed E-state index contributed by atoms with van der Waals surface area (Å²) in [4.78, 5) is 34.1. The Kier molecular flexibility index (Phi) is 5.79. The Labute approximate surface area is 230 Å². The van der Waals surface area contributed by atoms with Gasteiger partial charge in [-0.15, -0.1) is 15.3 Å². The average molecular weight is 565 g/mol. The lowest BCUT2D eigenvalue weighted by Crippen LogP contribution is -2.38. The predicted molar refractivity (Wildman–Crippen MR) is 138 cm³/mol. The van der Waals surface area contributed by atoms with E-state index < -0.39 is 17.6 Å². The molecule has 0 aromatic carbocycles. The summed E-state index contributed by atoms with van der Waals surface area (Å²) < 4.78 is 42.6. The van der Waals surface area contributed by atoms with Gasteiger partial charge in [0.15, 0.2) is 17.9 Å². The van der Waals surface area contributed by atoms with Crippen molar-refractivity contribution >= 4 is 28.9 Å². The van der Waals surface area contributed by atoms with Gasteiger partial charge < -0.3 is 10.2 Å². The third-order valence-corrected chi connectivity index (χ3v) is 7.84. The van der Waals surface area contributed by atoms with Crippen LogP contribution in [0.1, 0.15) is 31.0 Å². The highest BCUT2D eigenvalue weighted by molar-refractivity contribution is 6.07. The highest BCUT2D eigenvalue weighted by Crippen LogP contribution is 2.62. The SMILES string of the molecule is O=C(Cc1cnccn1)[C@@H]1C[C@@H](n2ncnn2)CN1c1nc(NC2=NCC(C3(C(F)(F)F)CC3)=C2)c2cccn2n1. The number of halogens is 3. The first-order valence-corrected chi connectivity index (χ1v) is 13.0. The minimum Gasteiger partial charge on any atom is -0.327 e. The van der Waals surface area contributed by atoms with Gasteiger partial charge in [0.05, 0.1) is 36.2 Å².